The maximum atomic E-state index is 16.0. The van der Waals surface area contributed by atoms with Crippen LogP contribution >= 0.6 is 0 Å². The lowest BCUT2D eigenvalue weighted by atomic mass is 9.99. The van der Waals surface area contributed by atoms with Gasteiger partial charge in [-0.25, -0.2) is 31.3 Å². The lowest BCUT2D eigenvalue weighted by molar-refractivity contribution is 0.120. The van der Waals surface area contributed by atoms with Crippen LogP contribution in [0, 0.1) is 0 Å². The lowest BCUT2D eigenvalue weighted by Crippen LogP contribution is -2.56. The predicted molar refractivity (Wildman–Crippen MR) is 223 cm³/mol. The van der Waals surface area contributed by atoms with E-state index in [2.05, 4.69) is 20.5 Å². The molecule has 1 amide bonds. The number of hydrogen-bond donors (Lipinski definition) is 1. The molecule has 17 nitrogen and oxygen atoms in total. The van der Waals surface area contributed by atoms with Crippen LogP contribution in [-0.4, -0.2) is 107 Å². The van der Waals surface area contributed by atoms with Crippen LogP contribution in [-0.2, 0) is 39.5 Å². The van der Waals surface area contributed by atoms with Crippen molar-refractivity contribution in [2.45, 2.75) is 34.7 Å². The van der Waals surface area contributed by atoms with Crippen LogP contribution < -0.4 is 14.2 Å². The number of tetrazole rings is 1. The topological polar surface area (TPSA) is 201 Å². The van der Waals surface area contributed by atoms with Crippen LogP contribution in [0.3, 0.4) is 0 Å². The number of amides is 1. The first-order valence-corrected chi connectivity index (χ1v) is 21.9. The minimum absolute atomic E-state index is 0.0374. The second kappa shape index (κ2) is 16.7. The van der Waals surface area contributed by atoms with Gasteiger partial charge < -0.3 is 28.6 Å². The number of benzene rings is 4. The third-order valence-corrected chi connectivity index (χ3v) is 14.7. The Morgan fingerprint density at radius 1 is 0.754 bits per heavy atom. The highest BCUT2D eigenvalue weighted by Crippen LogP contribution is 2.44. The number of carboxylic acid groups (broad SMARTS) is 1. The van der Waals surface area contributed by atoms with Gasteiger partial charge in [-0.2, -0.15) is 4.31 Å². The average Bonchev–Trinajstić information content (AvgIpc) is 3.93. The Balaban J connectivity index is 1.41. The van der Waals surface area contributed by atoms with Crippen LogP contribution in [0.1, 0.15) is 16.7 Å². The number of nitrogens with zero attached hydrogens (tertiary/aromatic N) is 8. The molecule has 314 valence electrons. The third-order valence-electron chi connectivity index (χ3n) is 10.6. The van der Waals surface area contributed by atoms with Gasteiger partial charge in [-0.05, 0) is 87.3 Å². The molecule has 8 rings (SSSR count). The highest BCUT2D eigenvalue weighted by molar-refractivity contribution is 7.94. The Hall–Kier alpha value is -6.83. The molecule has 0 spiro atoms. The van der Waals surface area contributed by atoms with E-state index in [1.54, 1.807) is 103 Å². The standard InChI is InChI=1S/C42H40N8O9S2/c1-57-31-12-6-28(7-13-31)23-49(24-29-8-14-32(58-2)15-9-29)61(55,56)39-37(60(53,54)34-26-48(27-34)42(51)52)19-18-35(36-5-4-21-47-22-20-43-40(36)47)38(39)41-44-45-46-50(41)25-30-10-16-33(59-3)17-11-30/h4-22,34H,23-27H2,1-3H3,(H,51,52). The van der Waals surface area contributed by atoms with E-state index < -0.39 is 41.0 Å². The fraction of sp³-hybridized carbons (Fsp3) is 0.214. The van der Waals surface area contributed by atoms with Crippen molar-refractivity contribution in [2.24, 2.45) is 0 Å². The molecule has 61 heavy (non-hydrogen) atoms. The number of fused-ring (bicyclic) bond motifs is 1. The summed E-state index contributed by atoms with van der Waals surface area (Å²) in [5.74, 6) is 1.70. The summed E-state index contributed by atoms with van der Waals surface area (Å²) < 4.78 is 82.2. The Bertz CT molecular complexity index is 2880. The molecular weight excluding hydrogens is 825 g/mol. The first kappa shape index (κ1) is 40.9. The molecule has 19 heteroatoms. The van der Waals surface area contributed by atoms with Crippen LogP contribution in [0.2, 0.25) is 0 Å². The van der Waals surface area contributed by atoms with Crippen molar-refractivity contribution in [1.29, 1.82) is 0 Å². The number of carbonyl (C=O) groups is 1. The number of imidazole rings is 1. The highest BCUT2D eigenvalue weighted by Gasteiger charge is 2.45. The number of sulfonamides is 1. The van der Waals surface area contributed by atoms with E-state index in [0.29, 0.717) is 39.6 Å². The van der Waals surface area contributed by atoms with Crippen molar-refractivity contribution in [3.8, 4) is 39.8 Å². The van der Waals surface area contributed by atoms with Gasteiger partial charge in [-0.15, -0.1) is 5.10 Å². The third kappa shape index (κ3) is 7.97. The number of methoxy groups -OCH3 is 3. The van der Waals surface area contributed by atoms with Crippen LogP contribution in [0.25, 0.3) is 28.2 Å². The monoisotopic (exact) mass is 864 g/mol. The van der Waals surface area contributed by atoms with E-state index in [9.17, 15) is 18.3 Å². The lowest BCUT2D eigenvalue weighted by Gasteiger charge is -2.37. The quantitative estimate of drug-likeness (QED) is 0.140. The summed E-state index contributed by atoms with van der Waals surface area (Å²) in [6.07, 6.45) is 3.83. The molecule has 1 aliphatic heterocycles. The summed E-state index contributed by atoms with van der Waals surface area (Å²) in [5, 5.41) is 21.1. The van der Waals surface area contributed by atoms with Gasteiger partial charge in [-0.1, -0.05) is 42.5 Å². The van der Waals surface area contributed by atoms with Gasteiger partial charge in [-0.3, -0.25) is 0 Å². The van der Waals surface area contributed by atoms with Gasteiger partial charge in [0.2, 0.25) is 10.0 Å². The smallest absolute Gasteiger partial charge is 0.407 e. The molecule has 1 fully saturated rings. The van der Waals surface area contributed by atoms with Crippen molar-refractivity contribution in [1.82, 2.24) is 38.8 Å². The molecule has 7 aromatic rings. The SMILES string of the molecule is COc1ccc(CN(Cc2ccc(OC)cc2)S(=O)(=O)c2c(S(=O)(=O)C3CN(C(=O)O)C3)ccc(-c3cccn4ccnc34)c2-c2nnnn2Cc2ccc(OC)cc2)cc1. The van der Waals surface area contributed by atoms with Crippen LogP contribution in [0.15, 0.2) is 125 Å². The van der Waals surface area contributed by atoms with Crippen molar-refractivity contribution in [3.05, 3.63) is 132 Å². The largest absolute Gasteiger partial charge is 0.497 e. The molecule has 0 radical (unpaired) electrons. The van der Waals surface area contributed by atoms with Crippen LogP contribution in [0.4, 0.5) is 4.79 Å². The number of likely N-dealkylation sites (tertiary alicyclic amines) is 1. The summed E-state index contributed by atoms with van der Waals surface area (Å²) in [6, 6.07) is 27.2. The molecule has 0 bridgehead atoms. The molecule has 1 saturated heterocycles. The number of pyridine rings is 1. The van der Waals surface area contributed by atoms with Gasteiger partial charge >= 0.3 is 6.09 Å². The maximum absolute atomic E-state index is 16.0. The van der Waals surface area contributed by atoms with Gasteiger partial charge in [0.25, 0.3) is 0 Å². The number of ether oxygens (including phenoxy) is 3. The second-order valence-corrected chi connectivity index (χ2v) is 18.3. The molecule has 0 unspecified atom stereocenters. The van der Waals surface area contributed by atoms with E-state index in [0.717, 1.165) is 10.5 Å². The zero-order chi connectivity index (χ0) is 42.9. The first-order chi connectivity index (χ1) is 29.4. The van der Waals surface area contributed by atoms with Crippen molar-refractivity contribution >= 4 is 31.6 Å². The normalized spacial score (nSPS) is 13.3. The number of sulfone groups is 1. The van der Waals surface area contributed by atoms with E-state index in [1.807, 2.05) is 12.1 Å². The molecule has 1 aliphatic rings. The summed E-state index contributed by atoms with van der Waals surface area (Å²) in [4.78, 5) is 16.3. The van der Waals surface area contributed by atoms with Gasteiger partial charge in [0.05, 0.1) is 38.3 Å². The fourth-order valence-corrected chi connectivity index (χ4v) is 11.3. The zero-order valence-corrected chi connectivity index (χ0v) is 34.8. The summed E-state index contributed by atoms with van der Waals surface area (Å²) >= 11 is 0. The number of aromatic nitrogens is 6. The van der Waals surface area contributed by atoms with Crippen molar-refractivity contribution in [2.75, 3.05) is 34.4 Å². The summed E-state index contributed by atoms with van der Waals surface area (Å²) in [5.41, 5.74) is 3.04. The van der Waals surface area contributed by atoms with Gasteiger partial charge in [0.1, 0.15) is 33.0 Å². The zero-order valence-electron chi connectivity index (χ0n) is 33.2. The maximum Gasteiger partial charge on any atom is 0.407 e. The Morgan fingerprint density at radius 2 is 1.33 bits per heavy atom. The Kier molecular flexibility index (Phi) is 11.2. The first-order valence-electron chi connectivity index (χ1n) is 18.9. The average molecular weight is 865 g/mol. The van der Waals surface area contributed by atoms with Gasteiger partial charge in [0.15, 0.2) is 15.7 Å². The minimum Gasteiger partial charge on any atom is -0.497 e. The summed E-state index contributed by atoms with van der Waals surface area (Å²) in [6.45, 7) is -1.02. The molecule has 0 aliphatic carbocycles. The molecule has 1 N–H and O–H groups in total. The number of hydrogen-bond acceptors (Lipinski definition) is 12. The molecule has 4 heterocycles. The molecule has 3 aromatic heterocycles. The van der Waals surface area contributed by atoms with Crippen molar-refractivity contribution in [3.63, 3.8) is 0 Å². The van der Waals surface area contributed by atoms with Crippen molar-refractivity contribution < 1.29 is 40.9 Å². The van der Waals surface area contributed by atoms with E-state index >= 15 is 8.42 Å². The highest BCUT2D eigenvalue weighted by atomic mass is 32.2. The van der Waals surface area contributed by atoms with E-state index in [1.165, 1.54) is 35.3 Å². The van der Waals surface area contributed by atoms with E-state index in [-0.39, 0.29) is 49.7 Å². The van der Waals surface area contributed by atoms with Crippen LogP contribution in [0.5, 0.6) is 17.2 Å². The van der Waals surface area contributed by atoms with Gasteiger partial charge in [0, 0.05) is 50.3 Å². The van der Waals surface area contributed by atoms with E-state index in [4.69, 9.17) is 14.2 Å². The molecule has 0 atom stereocenters. The summed E-state index contributed by atoms with van der Waals surface area (Å²) in [7, 11) is -4.87. The Labute approximate surface area is 351 Å². The Morgan fingerprint density at radius 3 is 1.89 bits per heavy atom. The minimum atomic E-state index is -4.91. The number of rotatable bonds is 15. The fourth-order valence-electron chi connectivity index (χ4n) is 7.24. The molecular formula is C42H40N8O9S2. The predicted octanol–water partition coefficient (Wildman–Crippen LogP) is 5.26. The second-order valence-electron chi connectivity index (χ2n) is 14.2. The molecule has 0 saturated carbocycles. The molecule has 4 aromatic carbocycles.